The van der Waals surface area contributed by atoms with Gasteiger partial charge in [0.2, 0.25) is 5.91 Å². The molecule has 0 fully saturated rings. The van der Waals surface area contributed by atoms with Crippen LogP contribution < -0.4 is 0 Å². The van der Waals surface area contributed by atoms with E-state index in [4.69, 9.17) is 9.84 Å². The van der Waals surface area contributed by atoms with Crippen LogP contribution in [0.15, 0.2) is 0 Å². The Kier molecular flexibility index (Phi) is 6.54. The van der Waals surface area contributed by atoms with E-state index in [0.717, 1.165) is 0 Å². The van der Waals surface area contributed by atoms with E-state index in [9.17, 15) is 4.79 Å². The topological polar surface area (TPSA) is 49.8 Å². The van der Waals surface area contributed by atoms with E-state index in [2.05, 4.69) is 0 Å². The fraction of sp³-hybridized carbons (Fsp3) is 0.889. The molecule has 0 saturated heterocycles. The molecule has 0 saturated carbocycles. The van der Waals surface area contributed by atoms with Gasteiger partial charge in [-0.25, -0.2) is 0 Å². The predicted octanol–water partition coefficient (Wildman–Crippen LogP) is 0.252. The second kappa shape index (κ2) is 6.86. The Hall–Kier alpha value is -0.610. The number of carbonyl (C=O) groups is 1. The van der Waals surface area contributed by atoms with E-state index in [1.54, 1.807) is 18.9 Å². The highest BCUT2D eigenvalue weighted by atomic mass is 16.5. The highest BCUT2D eigenvalue weighted by molar-refractivity contribution is 5.77. The highest BCUT2D eigenvalue weighted by Gasteiger charge is 2.08. The van der Waals surface area contributed by atoms with Gasteiger partial charge in [-0.3, -0.25) is 4.79 Å². The minimum Gasteiger partial charge on any atom is -0.393 e. The zero-order valence-corrected chi connectivity index (χ0v) is 8.62. The Balaban J connectivity index is 3.57. The number of amides is 1. The van der Waals surface area contributed by atoms with Gasteiger partial charge in [0, 0.05) is 20.2 Å². The van der Waals surface area contributed by atoms with E-state index in [-0.39, 0.29) is 18.6 Å². The molecule has 13 heavy (non-hydrogen) atoms. The number of hydrogen-bond acceptors (Lipinski definition) is 3. The molecule has 0 aliphatic carbocycles. The van der Waals surface area contributed by atoms with Crippen molar-refractivity contribution in [2.45, 2.75) is 26.4 Å². The molecule has 0 spiro atoms. The average molecular weight is 189 g/mol. The van der Waals surface area contributed by atoms with Gasteiger partial charge in [0.25, 0.3) is 0 Å². The third-order valence-electron chi connectivity index (χ3n) is 1.74. The van der Waals surface area contributed by atoms with Crippen molar-refractivity contribution in [1.29, 1.82) is 0 Å². The van der Waals surface area contributed by atoms with Crippen LogP contribution >= 0.6 is 0 Å². The fourth-order valence-electron chi connectivity index (χ4n) is 0.805. The summed E-state index contributed by atoms with van der Waals surface area (Å²) in [6.45, 7) is 4.82. The molecular weight excluding hydrogens is 170 g/mol. The van der Waals surface area contributed by atoms with Gasteiger partial charge in [-0.15, -0.1) is 0 Å². The molecule has 0 heterocycles. The molecule has 4 heteroatoms. The van der Waals surface area contributed by atoms with Crippen LogP contribution in [0, 0.1) is 0 Å². The standard InChI is InChI=1S/C9H19NO3/c1-4-13-7-9(12)10(3)6-5-8(2)11/h8,11H,4-7H2,1-3H3. The second-order valence-corrected chi connectivity index (χ2v) is 3.09. The lowest BCUT2D eigenvalue weighted by Crippen LogP contribution is -2.32. The zero-order valence-electron chi connectivity index (χ0n) is 8.62. The number of rotatable bonds is 6. The maximum absolute atomic E-state index is 11.2. The molecule has 1 N–H and O–H groups in total. The summed E-state index contributed by atoms with van der Waals surface area (Å²) >= 11 is 0. The number of hydrogen-bond donors (Lipinski definition) is 1. The number of likely N-dealkylation sites (N-methyl/N-ethyl adjacent to an activating group) is 1. The Morgan fingerprint density at radius 2 is 2.23 bits per heavy atom. The molecule has 0 bridgehead atoms. The maximum atomic E-state index is 11.2. The van der Waals surface area contributed by atoms with Crippen LogP contribution in [-0.4, -0.2) is 48.8 Å². The molecular formula is C9H19NO3. The third kappa shape index (κ3) is 6.54. The zero-order chi connectivity index (χ0) is 10.3. The number of ether oxygens (including phenoxy) is 1. The molecule has 78 valence electrons. The first-order valence-corrected chi connectivity index (χ1v) is 4.57. The lowest BCUT2D eigenvalue weighted by molar-refractivity contribution is -0.134. The van der Waals surface area contributed by atoms with E-state index in [1.807, 2.05) is 6.92 Å². The van der Waals surface area contributed by atoms with Crippen molar-refractivity contribution in [1.82, 2.24) is 4.90 Å². The van der Waals surface area contributed by atoms with Crippen molar-refractivity contribution in [3.63, 3.8) is 0 Å². The molecule has 0 aliphatic heterocycles. The van der Waals surface area contributed by atoms with Gasteiger partial charge in [-0.1, -0.05) is 0 Å². The highest BCUT2D eigenvalue weighted by Crippen LogP contribution is 1.94. The average Bonchev–Trinajstić information content (AvgIpc) is 2.10. The fourth-order valence-corrected chi connectivity index (χ4v) is 0.805. The van der Waals surface area contributed by atoms with Crippen LogP contribution in [0.4, 0.5) is 0 Å². The lowest BCUT2D eigenvalue weighted by Gasteiger charge is -2.17. The van der Waals surface area contributed by atoms with E-state index in [0.29, 0.717) is 19.6 Å². The van der Waals surface area contributed by atoms with Crippen LogP contribution in [0.3, 0.4) is 0 Å². The number of carbonyl (C=O) groups excluding carboxylic acids is 1. The van der Waals surface area contributed by atoms with E-state index in [1.165, 1.54) is 0 Å². The summed E-state index contributed by atoms with van der Waals surface area (Å²) in [6, 6.07) is 0. The molecule has 0 aromatic rings. The van der Waals surface area contributed by atoms with E-state index >= 15 is 0 Å². The number of aliphatic hydroxyl groups is 1. The molecule has 1 atom stereocenters. The van der Waals surface area contributed by atoms with Gasteiger partial charge in [0.15, 0.2) is 0 Å². The minimum absolute atomic E-state index is 0.0394. The van der Waals surface area contributed by atoms with Crippen LogP contribution in [0.1, 0.15) is 20.3 Å². The smallest absolute Gasteiger partial charge is 0.248 e. The third-order valence-corrected chi connectivity index (χ3v) is 1.74. The molecule has 0 rings (SSSR count). The van der Waals surface area contributed by atoms with Crippen LogP contribution in [-0.2, 0) is 9.53 Å². The summed E-state index contributed by atoms with van der Waals surface area (Å²) in [5.74, 6) is -0.0394. The van der Waals surface area contributed by atoms with Crippen LogP contribution in [0.5, 0.6) is 0 Å². The molecule has 1 amide bonds. The lowest BCUT2D eigenvalue weighted by atomic mass is 10.3. The summed E-state index contributed by atoms with van der Waals surface area (Å²) in [5, 5.41) is 8.99. The van der Waals surface area contributed by atoms with Crippen molar-refractivity contribution in [3.05, 3.63) is 0 Å². The van der Waals surface area contributed by atoms with Gasteiger partial charge in [0.05, 0.1) is 6.10 Å². The summed E-state index contributed by atoms with van der Waals surface area (Å²) in [6.07, 6.45) is 0.247. The first kappa shape index (κ1) is 12.4. The van der Waals surface area contributed by atoms with Crippen molar-refractivity contribution < 1.29 is 14.6 Å². The van der Waals surface area contributed by atoms with Gasteiger partial charge in [-0.2, -0.15) is 0 Å². The molecule has 0 aromatic heterocycles. The SMILES string of the molecule is CCOCC(=O)N(C)CCC(C)O. The first-order chi connectivity index (χ1) is 6.07. The van der Waals surface area contributed by atoms with Crippen molar-refractivity contribution in [2.75, 3.05) is 26.8 Å². The largest absolute Gasteiger partial charge is 0.393 e. The van der Waals surface area contributed by atoms with Gasteiger partial charge in [0.1, 0.15) is 6.61 Å². The Morgan fingerprint density at radius 1 is 1.62 bits per heavy atom. The number of nitrogens with zero attached hydrogens (tertiary/aromatic N) is 1. The van der Waals surface area contributed by atoms with Gasteiger partial charge in [-0.05, 0) is 20.3 Å². The van der Waals surface area contributed by atoms with Gasteiger partial charge < -0.3 is 14.7 Å². The number of aliphatic hydroxyl groups excluding tert-OH is 1. The Labute approximate surface area is 79.5 Å². The summed E-state index contributed by atoms with van der Waals surface area (Å²) < 4.78 is 4.97. The van der Waals surface area contributed by atoms with Crippen molar-refractivity contribution in [2.24, 2.45) is 0 Å². The van der Waals surface area contributed by atoms with E-state index < -0.39 is 0 Å². The molecule has 4 nitrogen and oxygen atoms in total. The summed E-state index contributed by atoms with van der Waals surface area (Å²) in [4.78, 5) is 12.8. The second-order valence-electron chi connectivity index (χ2n) is 3.09. The van der Waals surface area contributed by atoms with Crippen molar-refractivity contribution >= 4 is 5.91 Å². The van der Waals surface area contributed by atoms with Crippen LogP contribution in [0.25, 0.3) is 0 Å². The monoisotopic (exact) mass is 189 g/mol. The Bertz CT molecular complexity index is 148. The summed E-state index contributed by atoms with van der Waals surface area (Å²) in [7, 11) is 1.71. The predicted molar refractivity (Wildman–Crippen MR) is 50.4 cm³/mol. The molecule has 0 aromatic carbocycles. The minimum atomic E-state index is -0.359. The van der Waals surface area contributed by atoms with Crippen LogP contribution in [0.2, 0.25) is 0 Å². The molecule has 1 unspecified atom stereocenters. The van der Waals surface area contributed by atoms with Crippen molar-refractivity contribution in [3.8, 4) is 0 Å². The molecule has 0 aliphatic rings. The van der Waals surface area contributed by atoms with Gasteiger partial charge >= 0.3 is 0 Å². The Morgan fingerprint density at radius 3 is 2.69 bits per heavy atom. The normalized spacial score (nSPS) is 12.6. The maximum Gasteiger partial charge on any atom is 0.248 e. The first-order valence-electron chi connectivity index (χ1n) is 4.57. The molecule has 0 radical (unpaired) electrons. The quantitative estimate of drug-likeness (QED) is 0.651. The summed E-state index contributed by atoms with van der Waals surface area (Å²) in [5.41, 5.74) is 0.